The van der Waals surface area contributed by atoms with Gasteiger partial charge in [-0.2, -0.15) is 0 Å². The average molecular weight is 292 g/mol. The molecule has 0 aliphatic rings. The molecule has 0 saturated heterocycles. The summed E-state index contributed by atoms with van der Waals surface area (Å²) in [7, 11) is 4.21. The standard InChI is InChI=1S/C16H25N3O2/c1-5-21-16(17-11-6-12-19(3)4)18-15(20)14-9-7-13(2)8-10-14/h7-10H,5-6,11-12H2,1-4H3,(H,17,18,20)/p+1. The number of amides is 1. The van der Waals surface area contributed by atoms with Crippen molar-refractivity contribution in [2.45, 2.75) is 20.3 Å². The Morgan fingerprint density at radius 1 is 1.29 bits per heavy atom. The first-order valence-electron chi connectivity index (χ1n) is 7.37. The van der Waals surface area contributed by atoms with Gasteiger partial charge in [0.25, 0.3) is 11.9 Å². The molecule has 0 atom stereocenters. The predicted molar refractivity (Wildman–Crippen MR) is 84.9 cm³/mol. The molecule has 0 aliphatic heterocycles. The minimum Gasteiger partial charge on any atom is -0.465 e. The molecule has 1 rings (SSSR count). The van der Waals surface area contributed by atoms with Crippen molar-refractivity contribution in [3.63, 3.8) is 0 Å². The summed E-state index contributed by atoms with van der Waals surface area (Å²) < 4.78 is 5.38. The lowest BCUT2D eigenvalue weighted by molar-refractivity contribution is -0.858. The van der Waals surface area contributed by atoms with Crippen LogP contribution in [0.15, 0.2) is 29.3 Å². The molecule has 0 saturated carbocycles. The van der Waals surface area contributed by atoms with Gasteiger partial charge in [0.05, 0.1) is 27.2 Å². The summed E-state index contributed by atoms with van der Waals surface area (Å²) in [4.78, 5) is 17.8. The van der Waals surface area contributed by atoms with Gasteiger partial charge in [-0.3, -0.25) is 10.1 Å². The summed E-state index contributed by atoms with van der Waals surface area (Å²) in [5.74, 6) is -0.194. The molecule has 0 unspecified atom stereocenters. The highest BCUT2D eigenvalue weighted by atomic mass is 16.5. The van der Waals surface area contributed by atoms with E-state index in [1.54, 1.807) is 12.1 Å². The summed E-state index contributed by atoms with van der Waals surface area (Å²) in [5.41, 5.74) is 1.72. The van der Waals surface area contributed by atoms with Crippen molar-refractivity contribution in [3.05, 3.63) is 35.4 Å². The van der Waals surface area contributed by atoms with E-state index in [1.807, 2.05) is 26.0 Å². The lowest BCUT2D eigenvalue weighted by Gasteiger charge is -2.10. The zero-order valence-corrected chi connectivity index (χ0v) is 13.4. The number of hydrogen-bond donors (Lipinski definition) is 2. The first-order chi connectivity index (χ1) is 10.0. The van der Waals surface area contributed by atoms with Crippen LogP contribution in [0, 0.1) is 6.92 Å². The van der Waals surface area contributed by atoms with Crippen molar-refractivity contribution in [2.75, 3.05) is 33.8 Å². The fraction of sp³-hybridized carbons (Fsp3) is 0.500. The third-order valence-electron chi connectivity index (χ3n) is 2.91. The molecule has 0 heterocycles. The Labute approximate surface area is 127 Å². The number of amidine groups is 1. The van der Waals surface area contributed by atoms with E-state index in [2.05, 4.69) is 24.4 Å². The molecule has 1 amide bonds. The average Bonchev–Trinajstić information content (AvgIpc) is 2.44. The van der Waals surface area contributed by atoms with Crippen LogP contribution in [0.25, 0.3) is 0 Å². The zero-order chi connectivity index (χ0) is 15.7. The van der Waals surface area contributed by atoms with Gasteiger partial charge in [-0.25, -0.2) is 4.99 Å². The van der Waals surface area contributed by atoms with Gasteiger partial charge < -0.3 is 9.64 Å². The van der Waals surface area contributed by atoms with E-state index in [1.165, 1.54) is 4.90 Å². The van der Waals surface area contributed by atoms with E-state index in [0.717, 1.165) is 18.5 Å². The summed E-state index contributed by atoms with van der Waals surface area (Å²) in [6.07, 6.45) is 0.958. The van der Waals surface area contributed by atoms with Crippen LogP contribution < -0.4 is 10.2 Å². The van der Waals surface area contributed by atoms with E-state index in [4.69, 9.17) is 4.74 Å². The fourth-order valence-electron chi connectivity index (χ4n) is 1.75. The van der Waals surface area contributed by atoms with E-state index in [-0.39, 0.29) is 5.91 Å². The smallest absolute Gasteiger partial charge is 0.291 e. The minimum absolute atomic E-state index is 0.194. The van der Waals surface area contributed by atoms with E-state index < -0.39 is 0 Å². The Morgan fingerprint density at radius 2 is 1.95 bits per heavy atom. The van der Waals surface area contributed by atoms with Crippen molar-refractivity contribution in [1.29, 1.82) is 0 Å². The van der Waals surface area contributed by atoms with Gasteiger partial charge in [0, 0.05) is 18.5 Å². The number of ether oxygens (including phenoxy) is 1. The second-order valence-electron chi connectivity index (χ2n) is 5.25. The molecule has 5 nitrogen and oxygen atoms in total. The molecule has 2 N–H and O–H groups in total. The molecule has 1 aromatic rings. The van der Waals surface area contributed by atoms with Crippen molar-refractivity contribution in [3.8, 4) is 0 Å². The summed E-state index contributed by atoms with van der Waals surface area (Å²) in [6, 6.07) is 7.71. The molecule has 0 aromatic heterocycles. The van der Waals surface area contributed by atoms with Crippen LogP contribution in [0.5, 0.6) is 0 Å². The van der Waals surface area contributed by atoms with Crippen LogP contribution in [0.1, 0.15) is 29.3 Å². The molecule has 0 bridgehead atoms. The lowest BCUT2D eigenvalue weighted by Crippen LogP contribution is -3.05. The molecule has 0 fully saturated rings. The van der Waals surface area contributed by atoms with Crippen LogP contribution in [0.3, 0.4) is 0 Å². The van der Waals surface area contributed by atoms with Crippen molar-refractivity contribution in [1.82, 2.24) is 5.32 Å². The molecule has 21 heavy (non-hydrogen) atoms. The third kappa shape index (κ3) is 6.90. The third-order valence-corrected chi connectivity index (χ3v) is 2.91. The summed E-state index contributed by atoms with van der Waals surface area (Å²) >= 11 is 0. The number of aliphatic imine (C=N–C) groups is 1. The number of carbonyl (C=O) groups excluding carboxylic acids is 1. The number of hydrogen-bond acceptors (Lipinski definition) is 3. The van der Waals surface area contributed by atoms with E-state index in [0.29, 0.717) is 24.7 Å². The number of aryl methyl sites for hydroxylation is 1. The first kappa shape index (κ1) is 17.2. The van der Waals surface area contributed by atoms with Crippen LogP contribution >= 0.6 is 0 Å². The normalized spacial score (nSPS) is 11.6. The Balaban J connectivity index is 2.58. The minimum atomic E-state index is -0.194. The number of benzene rings is 1. The van der Waals surface area contributed by atoms with Crippen molar-refractivity contribution >= 4 is 11.9 Å². The quantitative estimate of drug-likeness (QED) is 0.459. The van der Waals surface area contributed by atoms with Crippen molar-refractivity contribution in [2.24, 2.45) is 4.99 Å². The maximum absolute atomic E-state index is 12.1. The highest BCUT2D eigenvalue weighted by Gasteiger charge is 2.09. The zero-order valence-electron chi connectivity index (χ0n) is 13.4. The van der Waals surface area contributed by atoms with Gasteiger partial charge >= 0.3 is 0 Å². The Hall–Kier alpha value is -1.88. The SMILES string of the molecule is CCOC(=NCCC[NH+](C)C)NC(=O)c1ccc(C)cc1. The van der Waals surface area contributed by atoms with Crippen LogP contribution in [0.4, 0.5) is 0 Å². The fourth-order valence-corrected chi connectivity index (χ4v) is 1.75. The Bertz CT molecular complexity index is 467. The number of rotatable bonds is 6. The number of quaternary nitrogens is 1. The second kappa shape index (κ2) is 9.13. The molecular weight excluding hydrogens is 266 g/mol. The van der Waals surface area contributed by atoms with Gasteiger partial charge in [-0.15, -0.1) is 0 Å². The molecule has 0 radical (unpaired) electrons. The summed E-state index contributed by atoms with van der Waals surface area (Å²) in [5, 5.41) is 2.72. The number of nitrogens with zero attached hydrogens (tertiary/aromatic N) is 1. The predicted octanol–water partition coefficient (Wildman–Crippen LogP) is 0.652. The Morgan fingerprint density at radius 3 is 2.52 bits per heavy atom. The molecule has 5 heteroatoms. The monoisotopic (exact) mass is 292 g/mol. The molecule has 0 aliphatic carbocycles. The van der Waals surface area contributed by atoms with Crippen LogP contribution in [-0.2, 0) is 4.74 Å². The van der Waals surface area contributed by atoms with Gasteiger partial charge in [-0.05, 0) is 26.0 Å². The maximum Gasteiger partial charge on any atom is 0.291 e. The van der Waals surface area contributed by atoms with E-state index >= 15 is 0 Å². The Kier molecular flexibility index (Phi) is 7.46. The highest BCUT2D eigenvalue weighted by molar-refractivity contribution is 6.04. The van der Waals surface area contributed by atoms with Gasteiger partial charge in [0.2, 0.25) is 0 Å². The van der Waals surface area contributed by atoms with Gasteiger partial charge in [-0.1, -0.05) is 17.7 Å². The highest BCUT2D eigenvalue weighted by Crippen LogP contribution is 2.02. The maximum atomic E-state index is 12.1. The topological polar surface area (TPSA) is 55.1 Å². The number of carbonyl (C=O) groups is 1. The molecule has 0 spiro atoms. The first-order valence-corrected chi connectivity index (χ1v) is 7.37. The summed E-state index contributed by atoms with van der Waals surface area (Å²) in [6.45, 7) is 6.02. The van der Waals surface area contributed by atoms with Gasteiger partial charge in [0.15, 0.2) is 0 Å². The molecule has 116 valence electrons. The van der Waals surface area contributed by atoms with Crippen LogP contribution in [0.2, 0.25) is 0 Å². The second-order valence-corrected chi connectivity index (χ2v) is 5.25. The van der Waals surface area contributed by atoms with Crippen LogP contribution in [-0.4, -0.2) is 45.7 Å². The van der Waals surface area contributed by atoms with E-state index in [9.17, 15) is 4.79 Å². The number of nitrogens with one attached hydrogen (secondary N) is 2. The molecular formula is C16H26N3O2+. The van der Waals surface area contributed by atoms with Crippen molar-refractivity contribution < 1.29 is 14.4 Å². The largest absolute Gasteiger partial charge is 0.465 e. The van der Waals surface area contributed by atoms with Gasteiger partial charge in [0.1, 0.15) is 0 Å². The lowest BCUT2D eigenvalue weighted by atomic mass is 10.1. The molecule has 1 aromatic carbocycles.